The number of anilines is 1. The Morgan fingerprint density at radius 3 is 2.56 bits per heavy atom. The SMILES string of the molecule is CNc1sc(S(=O)(=O)N(C)C2CC2)cc1[N+](=O)[O-]. The minimum absolute atomic E-state index is 0.00736. The van der Waals surface area contributed by atoms with Crippen LogP contribution < -0.4 is 5.32 Å². The third kappa shape index (κ3) is 2.20. The maximum absolute atomic E-state index is 12.2. The monoisotopic (exact) mass is 291 g/mol. The van der Waals surface area contributed by atoms with E-state index in [1.807, 2.05) is 0 Å². The van der Waals surface area contributed by atoms with Crippen LogP contribution in [0.3, 0.4) is 0 Å². The Morgan fingerprint density at radius 2 is 2.17 bits per heavy atom. The van der Waals surface area contributed by atoms with Gasteiger partial charge in [-0.15, -0.1) is 0 Å². The standard InChI is InChI=1S/C9H13N3O4S2/c1-10-9-7(12(13)14)5-8(17-9)18(15,16)11(2)6-3-4-6/h5-6,10H,3-4H2,1-2H3. The van der Waals surface area contributed by atoms with E-state index in [4.69, 9.17) is 0 Å². The van der Waals surface area contributed by atoms with Crippen molar-refractivity contribution in [3.8, 4) is 0 Å². The largest absolute Gasteiger partial charge is 0.374 e. The molecule has 7 nitrogen and oxygen atoms in total. The first kappa shape index (κ1) is 13.2. The van der Waals surface area contributed by atoms with Crippen molar-refractivity contribution in [3.05, 3.63) is 16.2 Å². The molecule has 1 aromatic heterocycles. The van der Waals surface area contributed by atoms with Gasteiger partial charge in [-0.2, -0.15) is 4.31 Å². The average Bonchev–Trinajstić information content (AvgIpc) is 3.05. The number of nitrogens with zero attached hydrogens (tertiary/aromatic N) is 2. The summed E-state index contributed by atoms with van der Waals surface area (Å²) >= 11 is 0.886. The highest BCUT2D eigenvalue weighted by molar-refractivity contribution is 7.91. The second-order valence-corrected chi connectivity index (χ2v) is 7.32. The molecular formula is C9H13N3O4S2. The number of hydrogen-bond donors (Lipinski definition) is 1. The highest BCUT2D eigenvalue weighted by atomic mass is 32.2. The summed E-state index contributed by atoms with van der Waals surface area (Å²) in [6, 6.07) is 1.15. The molecule has 1 aliphatic rings. The van der Waals surface area contributed by atoms with Gasteiger partial charge >= 0.3 is 5.69 Å². The summed E-state index contributed by atoms with van der Waals surface area (Å²) in [5.74, 6) is 0. The summed E-state index contributed by atoms with van der Waals surface area (Å²) < 4.78 is 25.7. The van der Waals surface area contributed by atoms with Gasteiger partial charge < -0.3 is 5.32 Å². The van der Waals surface area contributed by atoms with Crippen LogP contribution in [0.15, 0.2) is 10.3 Å². The number of nitrogens with one attached hydrogen (secondary N) is 1. The molecule has 0 bridgehead atoms. The number of sulfonamides is 1. The van der Waals surface area contributed by atoms with Crippen LogP contribution in [-0.4, -0.2) is 37.8 Å². The van der Waals surface area contributed by atoms with Gasteiger partial charge in [0.1, 0.15) is 4.21 Å². The molecule has 1 N–H and O–H groups in total. The molecule has 0 atom stereocenters. The normalized spacial score (nSPS) is 15.9. The molecule has 1 aliphatic carbocycles. The molecule has 100 valence electrons. The van der Waals surface area contributed by atoms with Crippen LogP contribution in [0.1, 0.15) is 12.8 Å². The predicted molar refractivity (Wildman–Crippen MR) is 68.5 cm³/mol. The Labute approximate surface area is 109 Å². The lowest BCUT2D eigenvalue weighted by Gasteiger charge is -2.14. The molecule has 1 heterocycles. The molecule has 0 aliphatic heterocycles. The quantitative estimate of drug-likeness (QED) is 0.655. The fraction of sp³-hybridized carbons (Fsp3) is 0.556. The summed E-state index contributed by atoms with van der Waals surface area (Å²) in [6.45, 7) is 0. The number of thiophene rings is 1. The topological polar surface area (TPSA) is 92.6 Å². The Bertz CT molecular complexity index is 577. The Morgan fingerprint density at radius 1 is 1.56 bits per heavy atom. The molecule has 1 aromatic rings. The van der Waals surface area contributed by atoms with Crippen LogP contribution in [0.4, 0.5) is 10.7 Å². The van der Waals surface area contributed by atoms with Crippen LogP contribution in [0, 0.1) is 10.1 Å². The van der Waals surface area contributed by atoms with Gasteiger partial charge in [-0.3, -0.25) is 10.1 Å². The summed E-state index contributed by atoms with van der Waals surface area (Å²) in [4.78, 5) is 10.2. The van der Waals surface area contributed by atoms with Crippen molar-refractivity contribution >= 4 is 32.0 Å². The van der Waals surface area contributed by atoms with Crippen LogP contribution in [0.25, 0.3) is 0 Å². The van der Waals surface area contributed by atoms with Crippen LogP contribution in [0.5, 0.6) is 0 Å². The lowest BCUT2D eigenvalue weighted by Crippen LogP contribution is -2.28. The molecular weight excluding hydrogens is 278 g/mol. The maximum atomic E-state index is 12.2. The maximum Gasteiger partial charge on any atom is 0.304 e. The highest BCUT2D eigenvalue weighted by Gasteiger charge is 2.37. The van der Waals surface area contributed by atoms with Gasteiger partial charge in [-0.25, -0.2) is 8.42 Å². The van der Waals surface area contributed by atoms with E-state index < -0.39 is 14.9 Å². The molecule has 1 fully saturated rings. The summed E-state index contributed by atoms with van der Waals surface area (Å²) in [6.07, 6.45) is 1.70. The van der Waals surface area contributed by atoms with E-state index in [-0.39, 0.29) is 20.9 Å². The fourth-order valence-corrected chi connectivity index (χ4v) is 4.46. The zero-order valence-electron chi connectivity index (χ0n) is 9.91. The summed E-state index contributed by atoms with van der Waals surface area (Å²) in [5.41, 5.74) is -0.203. The van der Waals surface area contributed by atoms with Crippen LogP contribution in [-0.2, 0) is 10.0 Å². The zero-order chi connectivity index (χ0) is 13.5. The lowest BCUT2D eigenvalue weighted by molar-refractivity contribution is -0.383. The molecule has 1 saturated carbocycles. The van der Waals surface area contributed by atoms with E-state index in [9.17, 15) is 18.5 Å². The third-order valence-electron chi connectivity index (χ3n) is 2.81. The van der Waals surface area contributed by atoms with Gasteiger partial charge in [-0.05, 0) is 12.8 Å². The molecule has 0 aromatic carbocycles. The molecule has 9 heteroatoms. The van der Waals surface area contributed by atoms with Gasteiger partial charge in [-0.1, -0.05) is 11.3 Å². The van der Waals surface area contributed by atoms with Crippen molar-refractivity contribution in [2.75, 3.05) is 19.4 Å². The van der Waals surface area contributed by atoms with Crippen molar-refractivity contribution < 1.29 is 13.3 Å². The molecule has 0 saturated heterocycles. The average molecular weight is 291 g/mol. The van der Waals surface area contributed by atoms with Crippen LogP contribution in [0.2, 0.25) is 0 Å². The predicted octanol–water partition coefficient (Wildman–Crippen LogP) is 1.48. The second kappa shape index (κ2) is 4.48. The van der Waals surface area contributed by atoms with Gasteiger partial charge in [0.15, 0.2) is 5.00 Å². The Kier molecular flexibility index (Phi) is 3.30. The Balaban J connectivity index is 2.41. The van der Waals surface area contributed by atoms with Crippen molar-refractivity contribution in [3.63, 3.8) is 0 Å². The first-order chi connectivity index (χ1) is 8.37. The number of hydrogen-bond acceptors (Lipinski definition) is 6. The number of rotatable bonds is 5. The molecule has 2 rings (SSSR count). The zero-order valence-corrected chi connectivity index (χ0v) is 11.5. The van der Waals surface area contributed by atoms with Crippen LogP contribution >= 0.6 is 11.3 Å². The minimum Gasteiger partial charge on any atom is -0.374 e. The van der Waals surface area contributed by atoms with Gasteiger partial charge in [0.25, 0.3) is 10.0 Å². The van der Waals surface area contributed by atoms with E-state index in [1.54, 1.807) is 0 Å². The van der Waals surface area contributed by atoms with E-state index in [0.717, 1.165) is 30.2 Å². The van der Waals surface area contributed by atoms with Crippen molar-refractivity contribution in [2.45, 2.75) is 23.1 Å². The smallest absolute Gasteiger partial charge is 0.304 e. The van der Waals surface area contributed by atoms with Gasteiger partial charge in [0.05, 0.1) is 4.92 Å². The fourth-order valence-electron chi connectivity index (χ4n) is 1.58. The molecule has 0 amide bonds. The molecule has 0 radical (unpaired) electrons. The summed E-state index contributed by atoms with van der Waals surface area (Å²) in [7, 11) is -0.574. The first-order valence-corrected chi connectivity index (χ1v) is 7.57. The lowest BCUT2D eigenvalue weighted by atomic mass is 10.5. The van der Waals surface area contributed by atoms with Gasteiger partial charge in [0, 0.05) is 26.2 Å². The molecule has 18 heavy (non-hydrogen) atoms. The highest BCUT2D eigenvalue weighted by Crippen LogP contribution is 2.39. The van der Waals surface area contributed by atoms with Crippen molar-refractivity contribution in [2.24, 2.45) is 0 Å². The van der Waals surface area contributed by atoms with E-state index >= 15 is 0 Å². The molecule has 0 unspecified atom stereocenters. The molecule has 0 spiro atoms. The van der Waals surface area contributed by atoms with E-state index in [1.165, 1.54) is 18.4 Å². The summed E-state index contributed by atoms with van der Waals surface area (Å²) in [5, 5.41) is 13.7. The van der Waals surface area contributed by atoms with E-state index in [2.05, 4.69) is 5.32 Å². The number of nitro groups is 1. The second-order valence-electron chi connectivity index (χ2n) is 4.04. The Hall–Kier alpha value is -1.19. The van der Waals surface area contributed by atoms with E-state index in [0.29, 0.717) is 0 Å². The van der Waals surface area contributed by atoms with Crippen molar-refractivity contribution in [1.82, 2.24) is 4.31 Å². The third-order valence-corrected chi connectivity index (χ3v) is 6.31. The van der Waals surface area contributed by atoms with Crippen molar-refractivity contribution in [1.29, 1.82) is 0 Å². The first-order valence-electron chi connectivity index (χ1n) is 5.32. The van der Waals surface area contributed by atoms with Gasteiger partial charge in [0.2, 0.25) is 0 Å². The minimum atomic E-state index is -3.61.